The number of amides is 4. The maximum Gasteiger partial charge on any atom is 0.327 e. The number of carbonyl (C=O) groups excluding carboxylic acids is 3. The molecule has 0 unspecified atom stereocenters. The fraction of sp³-hybridized carbons (Fsp3) is 0.824. The predicted octanol–water partition coefficient (Wildman–Crippen LogP) is 2.23. The van der Waals surface area contributed by atoms with E-state index in [1.807, 2.05) is 13.8 Å². The molecule has 1 saturated carbocycles. The molecule has 1 spiro atoms. The highest BCUT2D eigenvalue weighted by atomic mass is 16.2. The molecular weight excluding hydrogens is 294 g/mol. The van der Waals surface area contributed by atoms with Gasteiger partial charge in [0.1, 0.15) is 12.1 Å². The van der Waals surface area contributed by atoms with Crippen molar-refractivity contribution in [3.05, 3.63) is 0 Å². The molecule has 0 aromatic carbocycles. The molecule has 2 aliphatic rings. The number of rotatable bonds is 6. The van der Waals surface area contributed by atoms with E-state index >= 15 is 0 Å². The van der Waals surface area contributed by atoms with Gasteiger partial charge >= 0.3 is 6.03 Å². The lowest BCUT2D eigenvalue weighted by molar-refractivity contribution is -0.140. The van der Waals surface area contributed by atoms with E-state index in [0.717, 1.165) is 32.1 Å². The second-order valence-corrected chi connectivity index (χ2v) is 6.71. The third-order valence-electron chi connectivity index (χ3n) is 5.12. The zero-order valence-corrected chi connectivity index (χ0v) is 14.6. The lowest BCUT2D eigenvalue weighted by Crippen LogP contribution is -2.49. The molecule has 1 heterocycles. The Hall–Kier alpha value is -1.59. The van der Waals surface area contributed by atoms with Gasteiger partial charge < -0.3 is 9.80 Å². The van der Waals surface area contributed by atoms with Crippen LogP contribution in [0.25, 0.3) is 0 Å². The number of hydrogen-bond acceptors (Lipinski definition) is 3. The van der Waals surface area contributed by atoms with E-state index in [1.165, 1.54) is 4.90 Å². The van der Waals surface area contributed by atoms with Crippen LogP contribution in [-0.4, -0.2) is 64.8 Å². The average molecular weight is 323 g/mol. The number of hydrogen-bond donors (Lipinski definition) is 0. The van der Waals surface area contributed by atoms with Gasteiger partial charge in [0.25, 0.3) is 5.91 Å². The molecule has 0 bridgehead atoms. The molecule has 6 heteroatoms. The van der Waals surface area contributed by atoms with Crippen LogP contribution in [0.5, 0.6) is 0 Å². The molecule has 23 heavy (non-hydrogen) atoms. The van der Waals surface area contributed by atoms with Crippen LogP contribution in [0.4, 0.5) is 4.79 Å². The van der Waals surface area contributed by atoms with Crippen LogP contribution < -0.4 is 0 Å². The van der Waals surface area contributed by atoms with E-state index in [9.17, 15) is 14.4 Å². The van der Waals surface area contributed by atoms with Crippen LogP contribution in [0.3, 0.4) is 0 Å². The van der Waals surface area contributed by atoms with Gasteiger partial charge in [0.05, 0.1) is 0 Å². The third-order valence-corrected chi connectivity index (χ3v) is 5.12. The Labute approximate surface area is 138 Å². The Balaban J connectivity index is 2.12. The smallest absolute Gasteiger partial charge is 0.327 e. The molecule has 1 saturated heterocycles. The van der Waals surface area contributed by atoms with Crippen molar-refractivity contribution in [3.8, 4) is 0 Å². The van der Waals surface area contributed by atoms with Crippen LogP contribution in [-0.2, 0) is 9.59 Å². The molecule has 1 aliphatic heterocycles. The van der Waals surface area contributed by atoms with Crippen molar-refractivity contribution >= 4 is 17.8 Å². The highest BCUT2D eigenvalue weighted by molar-refractivity contribution is 6.08. The van der Waals surface area contributed by atoms with Gasteiger partial charge in [-0.2, -0.15) is 0 Å². The summed E-state index contributed by atoms with van der Waals surface area (Å²) in [5, 5.41) is 0. The molecule has 6 nitrogen and oxygen atoms in total. The average Bonchev–Trinajstić information content (AvgIpc) is 2.72. The minimum atomic E-state index is -0.698. The minimum Gasteiger partial charge on any atom is -0.341 e. The van der Waals surface area contributed by atoms with E-state index in [-0.39, 0.29) is 24.4 Å². The number of imide groups is 1. The predicted molar refractivity (Wildman–Crippen MR) is 87.9 cm³/mol. The van der Waals surface area contributed by atoms with Gasteiger partial charge in [-0.1, -0.05) is 33.1 Å². The highest BCUT2D eigenvalue weighted by Crippen LogP contribution is 2.39. The summed E-state index contributed by atoms with van der Waals surface area (Å²) in [7, 11) is 1.70. The lowest BCUT2D eigenvalue weighted by Gasteiger charge is -2.35. The van der Waals surface area contributed by atoms with E-state index in [1.54, 1.807) is 16.8 Å². The zero-order valence-electron chi connectivity index (χ0n) is 14.6. The monoisotopic (exact) mass is 323 g/mol. The first-order chi connectivity index (χ1) is 11.0. The molecule has 0 aromatic rings. The van der Waals surface area contributed by atoms with E-state index < -0.39 is 5.54 Å². The first-order valence-electron chi connectivity index (χ1n) is 8.85. The first-order valence-corrected chi connectivity index (χ1v) is 8.85. The summed E-state index contributed by atoms with van der Waals surface area (Å²) in [6, 6.07) is -0.321. The van der Waals surface area contributed by atoms with Crippen molar-refractivity contribution in [2.24, 2.45) is 0 Å². The SMILES string of the molecule is CCCN(CCC)C(=O)CN1C(=O)N(C)C2(CCCCC2)C1=O. The van der Waals surface area contributed by atoms with Gasteiger partial charge in [-0.3, -0.25) is 14.5 Å². The second kappa shape index (κ2) is 7.32. The fourth-order valence-electron chi connectivity index (χ4n) is 3.81. The summed E-state index contributed by atoms with van der Waals surface area (Å²) in [6.07, 6.45) is 6.20. The lowest BCUT2D eigenvalue weighted by atomic mass is 9.81. The highest BCUT2D eigenvalue weighted by Gasteiger charge is 2.55. The summed E-state index contributed by atoms with van der Waals surface area (Å²) in [4.78, 5) is 42.4. The molecule has 0 aromatic heterocycles. The Morgan fingerprint density at radius 2 is 1.65 bits per heavy atom. The zero-order chi connectivity index (χ0) is 17.0. The Bertz CT molecular complexity index is 466. The Morgan fingerprint density at radius 3 is 2.17 bits per heavy atom. The molecule has 2 rings (SSSR count). The molecule has 1 aliphatic carbocycles. The summed E-state index contributed by atoms with van der Waals surface area (Å²) in [5.74, 6) is -0.303. The van der Waals surface area contributed by atoms with Crippen molar-refractivity contribution in [2.45, 2.75) is 64.3 Å². The summed E-state index contributed by atoms with van der Waals surface area (Å²) in [5.41, 5.74) is -0.698. The number of carbonyl (C=O) groups is 3. The van der Waals surface area contributed by atoms with Crippen LogP contribution >= 0.6 is 0 Å². The van der Waals surface area contributed by atoms with Crippen molar-refractivity contribution in [3.63, 3.8) is 0 Å². The van der Waals surface area contributed by atoms with Crippen LogP contribution in [0.15, 0.2) is 0 Å². The molecule has 0 atom stereocenters. The quantitative estimate of drug-likeness (QED) is 0.704. The number of likely N-dealkylation sites (N-methyl/N-ethyl adjacent to an activating group) is 1. The maximum absolute atomic E-state index is 12.9. The molecule has 4 amide bonds. The molecule has 0 N–H and O–H groups in total. The maximum atomic E-state index is 12.9. The van der Waals surface area contributed by atoms with Gasteiger partial charge in [0.2, 0.25) is 5.91 Å². The third kappa shape index (κ3) is 3.21. The summed E-state index contributed by atoms with van der Waals surface area (Å²) in [6.45, 7) is 5.26. The molecule has 2 fully saturated rings. The van der Waals surface area contributed by atoms with E-state index in [4.69, 9.17) is 0 Å². The van der Waals surface area contributed by atoms with Crippen molar-refractivity contribution in [2.75, 3.05) is 26.7 Å². The molecule has 130 valence electrons. The van der Waals surface area contributed by atoms with Crippen LogP contribution in [0, 0.1) is 0 Å². The van der Waals surface area contributed by atoms with Crippen LogP contribution in [0.1, 0.15) is 58.8 Å². The molecule has 0 radical (unpaired) electrons. The fourth-order valence-corrected chi connectivity index (χ4v) is 3.81. The minimum absolute atomic E-state index is 0.121. The Morgan fingerprint density at radius 1 is 1.09 bits per heavy atom. The van der Waals surface area contributed by atoms with Gasteiger partial charge in [-0.05, 0) is 25.7 Å². The van der Waals surface area contributed by atoms with Crippen LogP contribution in [0.2, 0.25) is 0 Å². The number of urea groups is 1. The van der Waals surface area contributed by atoms with Gasteiger partial charge in [-0.25, -0.2) is 4.79 Å². The largest absolute Gasteiger partial charge is 0.341 e. The normalized spacial score (nSPS) is 20.5. The Kier molecular flexibility index (Phi) is 5.65. The first kappa shape index (κ1) is 17.8. The van der Waals surface area contributed by atoms with Crippen molar-refractivity contribution < 1.29 is 14.4 Å². The van der Waals surface area contributed by atoms with E-state index in [0.29, 0.717) is 25.9 Å². The topological polar surface area (TPSA) is 60.9 Å². The molecular formula is C17H29N3O3. The van der Waals surface area contributed by atoms with Gasteiger partial charge in [-0.15, -0.1) is 0 Å². The van der Waals surface area contributed by atoms with E-state index in [2.05, 4.69) is 0 Å². The van der Waals surface area contributed by atoms with Gasteiger partial charge in [0, 0.05) is 20.1 Å². The standard InChI is InChI=1S/C17H29N3O3/c1-4-11-19(12-5-2)14(21)13-20-15(22)17(18(3)16(20)23)9-7-6-8-10-17/h4-13H2,1-3H3. The van der Waals surface area contributed by atoms with Crippen molar-refractivity contribution in [1.82, 2.24) is 14.7 Å². The van der Waals surface area contributed by atoms with Gasteiger partial charge in [0.15, 0.2) is 0 Å². The van der Waals surface area contributed by atoms with Crippen molar-refractivity contribution in [1.29, 1.82) is 0 Å². The summed E-state index contributed by atoms with van der Waals surface area (Å²) >= 11 is 0. The number of nitrogens with zero attached hydrogens (tertiary/aromatic N) is 3. The summed E-state index contributed by atoms with van der Waals surface area (Å²) < 4.78 is 0. The second-order valence-electron chi connectivity index (χ2n) is 6.71.